The maximum Gasteiger partial charge on any atom is 0.316 e. The van der Waals surface area contributed by atoms with Gasteiger partial charge in [-0.25, -0.2) is 8.42 Å². The van der Waals surface area contributed by atoms with Crippen molar-refractivity contribution < 1.29 is 17.9 Å². The Labute approximate surface area is 165 Å². The summed E-state index contributed by atoms with van der Waals surface area (Å²) in [6.07, 6.45) is 1.75. The van der Waals surface area contributed by atoms with E-state index >= 15 is 0 Å². The number of ether oxygens (including phenoxy) is 1. The van der Waals surface area contributed by atoms with Gasteiger partial charge in [-0.05, 0) is 37.6 Å². The predicted molar refractivity (Wildman–Crippen MR) is 103 cm³/mol. The zero-order valence-corrected chi connectivity index (χ0v) is 17.5. The molecule has 1 aromatic carbocycles. The Morgan fingerprint density at radius 3 is 2.31 bits per heavy atom. The first-order valence-corrected chi connectivity index (χ1v) is 10.9. The van der Waals surface area contributed by atoms with Crippen LogP contribution in [0.25, 0.3) is 0 Å². The van der Waals surface area contributed by atoms with Crippen LogP contribution in [0.1, 0.15) is 18.9 Å². The largest absolute Gasteiger partial charge is 0.468 e. The third-order valence-corrected chi connectivity index (χ3v) is 6.96. The molecule has 1 heterocycles. The van der Waals surface area contributed by atoms with Crippen molar-refractivity contribution in [3.05, 3.63) is 33.8 Å². The third kappa shape index (κ3) is 4.89. The molecule has 0 N–H and O–H groups in total. The quantitative estimate of drug-likeness (QED) is 0.658. The van der Waals surface area contributed by atoms with Crippen LogP contribution in [0.3, 0.4) is 0 Å². The van der Waals surface area contributed by atoms with Crippen LogP contribution in [0.5, 0.6) is 0 Å². The lowest BCUT2D eigenvalue weighted by Crippen LogP contribution is -2.49. The highest BCUT2D eigenvalue weighted by Gasteiger charge is 2.37. The van der Waals surface area contributed by atoms with Crippen LogP contribution < -0.4 is 0 Å². The van der Waals surface area contributed by atoms with E-state index in [1.807, 2.05) is 6.92 Å². The van der Waals surface area contributed by atoms with Crippen LogP contribution in [0.15, 0.2) is 18.2 Å². The highest BCUT2D eigenvalue weighted by molar-refractivity contribution is 7.88. The number of hydrogen-bond acceptors (Lipinski definition) is 5. The van der Waals surface area contributed by atoms with Gasteiger partial charge >= 0.3 is 5.97 Å². The fourth-order valence-corrected chi connectivity index (χ4v) is 4.22. The predicted octanol–water partition coefficient (Wildman–Crippen LogP) is 2.39. The first-order valence-electron chi connectivity index (χ1n) is 8.29. The lowest BCUT2D eigenvalue weighted by Gasteiger charge is -2.35. The molecule has 146 valence electrons. The van der Waals surface area contributed by atoms with Gasteiger partial charge in [-0.2, -0.15) is 4.31 Å². The van der Waals surface area contributed by atoms with Gasteiger partial charge in [0, 0.05) is 26.2 Å². The van der Waals surface area contributed by atoms with Crippen LogP contribution in [-0.4, -0.2) is 69.7 Å². The average Bonchev–Trinajstić information content (AvgIpc) is 2.60. The highest BCUT2D eigenvalue weighted by Crippen LogP contribution is 2.34. The number of benzene rings is 1. The number of methoxy groups -OCH3 is 1. The molecular formula is C17H24Cl2N2O4S. The summed E-state index contributed by atoms with van der Waals surface area (Å²) in [7, 11) is -1.79. The zero-order valence-electron chi connectivity index (χ0n) is 15.2. The molecule has 0 aliphatic carbocycles. The van der Waals surface area contributed by atoms with Gasteiger partial charge in [0.25, 0.3) is 0 Å². The summed E-state index contributed by atoms with van der Waals surface area (Å²) in [4.78, 5) is 14.6. The summed E-state index contributed by atoms with van der Waals surface area (Å²) < 4.78 is 29.7. The van der Waals surface area contributed by atoms with Gasteiger partial charge in [-0.3, -0.25) is 4.79 Å². The maximum absolute atomic E-state index is 12.5. The van der Waals surface area contributed by atoms with E-state index in [-0.39, 0.29) is 5.97 Å². The molecule has 1 aliphatic rings. The van der Waals surface area contributed by atoms with Gasteiger partial charge in [0.05, 0.1) is 28.8 Å². The number of sulfonamides is 1. The van der Waals surface area contributed by atoms with Crippen molar-refractivity contribution in [3.63, 3.8) is 0 Å². The van der Waals surface area contributed by atoms with Gasteiger partial charge < -0.3 is 9.64 Å². The monoisotopic (exact) mass is 422 g/mol. The molecule has 1 unspecified atom stereocenters. The molecule has 0 amide bonds. The molecule has 0 bridgehead atoms. The Balaban J connectivity index is 2.09. The highest BCUT2D eigenvalue weighted by atomic mass is 35.5. The number of halogens is 2. The third-order valence-electron chi connectivity index (χ3n) is 4.92. The summed E-state index contributed by atoms with van der Waals surface area (Å²) in [5.74, 6) is -0.342. The first kappa shape index (κ1) is 21.4. The van der Waals surface area contributed by atoms with Crippen molar-refractivity contribution in [3.8, 4) is 0 Å². The fourth-order valence-electron chi connectivity index (χ4n) is 3.10. The number of carbonyl (C=O) groups excluding carboxylic acids is 1. The molecule has 9 heteroatoms. The number of nitrogens with zero attached hydrogens (tertiary/aromatic N) is 2. The summed E-state index contributed by atoms with van der Waals surface area (Å²) in [5, 5.41) is 0.820. The zero-order chi connectivity index (χ0) is 19.5. The Bertz CT molecular complexity index is 764. The molecule has 1 atom stereocenters. The van der Waals surface area contributed by atoms with E-state index in [1.165, 1.54) is 17.7 Å². The molecule has 6 nitrogen and oxygen atoms in total. The Kier molecular flexibility index (Phi) is 6.96. The molecule has 1 fully saturated rings. The second-order valence-corrected chi connectivity index (χ2v) is 9.50. The number of hydrogen-bond donors (Lipinski definition) is 0. The standard InChI is InChI=1S/C17H24Cl2N2O4S/c1-17(16(22)25-2,13-4-5-14(18)15(19)12-13)6-7-20-8-10-21(11-9-20)26(3,23)24/h4-5,12H,6-11H2,1-3H3. The van der Waals surface area contributed by atoms with E-state index in [9.17, 15) is 13.2 Å². The Hall–Kier alpha value is -0.860. The van der Waals surface area contributed by atoms with Crippen molar-refractivity contribution in [2.75, 3.05) is 46.1 Å². The van der Waals surface area contributed by atoms with E-state index in [1.54, 1.807) is 18.2 Å². The SMILES string of the molecule is COC(=O)C(C)(CCN1CCN(S(C)(=O)=O)CC1)c1ccc(Cl)c(Cl)c1. The molecular weight excluding hydrogens is 399 g/mol. The molecule has 0 radical (unpaired) electrons. The second kappa shape index (κ2) is 8.44. The average molecular weight is 423 g/mol. The van der Waals surface area contributed by atoms with E-state index in [0.717, 1.165) is 5.56 Å². The second-order valence-electron chi connectivity index (χ2n) is 6.71. The minimum absolute atomic E-state index is 0.342. The van der Waals surface area contributed by atoms with Crippen molar-refractivity contribution in [1.29, 1.82) is 0 Å². The maximum atomic E-state index is 12.5. The van der Waals surface area contributed by atoms with Gasteiger partial charge in [0.1, 0.15) is 0 Å². The number of carbonyl (C=O) groups is 1. The van der Waals surface area contributed by atoms with Crippen molar-refractivity contribution >= 4 is 39.2 Å². The lowest BCUT2D eigenvalue weighted by molar-refractivity contribution is -0.147. The summed E-state index contributed by atoms with van der Waals surface area (Å²) >= 11 is 12.1. The smallest absolute Gasteiger partial charge is 0.316 e. The minimum Gasteiger partial charge on any atom is -0.468 e. The minimum atomic E-state index is -3.16. The summed E-state index contributed by atoms with van der Waals surface area (Å²) in [5.41, 5.74) is -0.120. The summed E-state index contributed by atoms with van der Waals surface area (Å²) in [6, 6.07) is 5.15. The molecule has 2 rings (SSSR count). The van der Waals surface area contributed by atoms with Crippen LogP contribution in [-0.2, 0) is 25.0 Å². The van der Waals surface area contributed by atoms with Crippen LogP contribution in [0, 0.1) is 0 Å². The van der Waals surface area contributed by atoms with Crippen LogP contribution in [0.4, 0.5) is 0 Å². The lowest BCUT2D eigenvalue weighted by atomic mass is 9.79. The summed E-state index contributed by atoms with van der Waals surface area (Å²) in [6.45, 7) is 4.65. The number of rotatable bonds is 6. The van der Waals surface area contributed by atoms with Crippen molar-refractivity contribution in [1.82, 2.24) is 9.21 Å². The molecule has 0 spiro atoms. The van der Waals surface area contributed by atoms with Crippen molar-refractivity contribution in [2.45, 2.75) is 18.8 Å². The molecule has 1 saturated heterocycles. The van der Waals surface area contributed by atoms with Crippen LogP contribution >= 0.6 is 23.2 Å². The van der Waals surface area contributed by atoms with E-state index in [2.05, 4.69) is 4.90 Å². The van der Waals surface area contributed by atoms with Gasteiger partial charge in [0.15, 0.2) is 0 Å². The molecule has 0 aromatic heterocycles. The molecule has 0 saturated carbocycles. The Morgan fingerprint density at radius 2 is 1.81 bits per heavy atom. The number of esters is 1. The van der Waals surface area contributed by atoms with E-state index in [0.29, 0.717) is 49.2 Å². The first-order chi connectivity index (χ1) is 12.1. The topological polar surface area (TPSA) is 66.9 Å². The van der Waals surface area contributed by atoms with Crippen LogP contribution in [0.2, 0.25) is 10.0 Å². The normalized spacial score (nSPS) is 19.1. The fraction of sp³-hybridized carbons (Fsp3) is 0.588. The Morgan fingerprint density at radius 1 is 1.19 bits per heavy atom. The van der Waals surface area contributed by atoms with Gasteiger partial charge in [0.2, 0.25) is 10.0 Å². The molecule has 1 aromatic rings. The van der Waals surface area contributed by atoms with Gasteiger partial charge in [-0.1, -0.05) is 29.3 Å². The molecule has 26 heavy (non-hydrogen) atoms. The van der Waals surface area contributed by atoms with Gasteiger partial charge in [-0.15, -0.1) is 0 Å². The van der Waals surface area contributed by atoms with Crippen molar-refractivity contribution in [2.24, 2.45) is 0 Å². The number of piperazine rings is 1. The molecule has 1 aliphatic heterocycles. The van der Waals surface area contributed by atoms with E-state index < -0.39 is 15.4 Å². The van der Waals surface area contributed by atoms with E-state index in [4.69, 9.17) is 27.9 Å².